The Morgan fingerprint density at radius 1 is 1.00 bits per heavy atom. The zero-order chi connectivity index (χ0) is 13.3. The second kappa shape index (κ2) is 4.84. The van der Waals surface area contributed by atoms with Crippen molar-refractivity contribution in [2.45, 2.75) is 39.8 Å². The predicted molar refractivity (Wildman–Crippen MR) is 76.2 cm³/mol. The van der Waals surface area contributed by atoms with Crippen molar-refractivity contribution in [2.75, 3.05) is 4.90 Å². The first-order valence-corrected chi connectivity index (χ1v) is 6.37. The van der Waals surface area contributed by atoms with Gasteiger partial charge in [0.05, 0.1) is 0 Å². The molecule has 2 aromatic rings. The molecule has 0 bridgehead atoms. The van der Waals surface area contributed by atoms with Gasteiger partial charge in [-0.2, -0.15) is 0 Å². The van der Waals surface area contributed by atoms with E-state index in [1.165, 1.54) is 0 Å². The molecule has 0 aliphatic carbocycles. The van der Waals surface area contributed by atoms with Crippen molar-refractivity contribution in [1.82, 2.24) is 4.98 Å². The van der Waals surface area contributed by atoms with Crippen molar-refractivity contribution in [3.63, 3.8) is 0 Å². The number of hydrogen-bond acceptors (Lipinski definition) is 3. The van der Waals surface area contributed by atoms with Gasteiger partial charge in [-0.1, -0.05) is 12.1 Å². The lowest BCUT2D eigenvalue weighted by atomic mass is 10.2. The van der Waals surface area contributed by atoms with Gasteiger partial charge < -0.3 is 10.0 Å². The first-order valence-electron chi connectivity index (χ1n) is 6.37. The summed E-state index contributed by atoms with van der Waals surface area (Å²) in [6, 6.07) is 10.2. The molecule has 3 nitrogen and oxygen atoms in total. The molecule has 0 radical (unpaired) electrons. The Labute approximate surface area is 108 Å². The number of aromatic hydroxyl groups is 1. The van der Waals surface area contributed by atoms with Crippen LogP contribution in [0.3, 0.4) is 0 Å². The van der Waals surface area contributed by atoms with E-state index in [4.69, 9.17) is 0 Å². The maximum Gasteiger partial charge on any atom is 0.141 e. The number of pyridine rings is 1. The first kappa shape index (κ1) is 12.7. The number of phenols is 1. The molecule has 0 amide bonds. The van der Waals surface area contributed by atoms with Gasteiger partial charge in [0.25, 0.3) is 0 Å². The summed E-state index contributed by atoms with van der Waals surface area (Å²) in [6.07, 6.45) is 0. The third kappa shape index (κ3) is 2.26. The normalized spacial score (nSPS) is 11.4. The molecular weight excluding hydrogens is 224 g/mol. The Morgan fingerprint density at radius 2 is 1.67 bits per heavy atom. The van der Waals surface area contributed by atoms with Crippen LogP contribution in [0.25, 0.3) is 10.9 Å². The molecule has 2 rings (SSSR count). The number of phenolic OH excluding ortho intramolecular Hbond substituents is 1. The van der Waals surface area contributed by atoms with E-state index in [0.717, 1.165) is 11.2 Å². The van der Waals surface area contributed by atoms with Gasteiger partial charge in [-0.3, -0.25) is 0 Å². The molecule has 1 heterocycles. The Balaban J connectivity index is 2.55. The topological polar surface area (TPSA) is 36.4 Å². The zero-order valence-corrected chi connectivity index (χ0v) is 11.4. The average molecular weight is 244 g/mol. The fourth-order valence-corrected chi connectivity index (χ4v) is 2.39. The SMILES string of the molecule is CC(C)N(c1ccc2cccc(O)c2n1)C(C)C. The summed E-state index contributed by atoms with van der Waals surface area (Å²) in [7, 11) is 0. The van der Waals surface area contributed by atoms with Crippen LogP contribution in [0, 0.1) is 0 Å². The molecule has 0 saturated carbocycles. The van der Waals surface area contributed by atoms with Gasteiger partial charge in [-0.05, 0) is 45.9 Å². The molecule has 0 aliphatic heterocycles. The van der Waals surface area contributed by atoms with Crippen molar-refractivity contribution in [2.24, 2.45) is 0 Å². The summed E-state index contributed by atoms with van der Waals surface area (Å²) in [4.78, 5) is 6.84. The van der Waals surface area contributed by atoms with Crippen molar-refractivity contribution in [3.05, 3.63) is 30.3 Å². The zero-order valence-electron chi connectivity index (χ0n) is 11.4. The molecule has 0 aliphatic rings. The predicted octanol–water partition coefficient (Wildman–Crippen LogP) is 3.56. The second-order valence-electron chi connectivity index (χ2n) is 5.11. The second-order valence-corrected chi connectivity index (χ2v) is 5.11. The number of benzene rings is 1. The maximum atomic E-state index is 9.87. The fourth-order valence-electron chi connectivity index (χ4n) is 2.39. The number of para-hydroxylation sites is 1. The van der Waals surface area contributed by atoms with Crippen LogP contribution in [0.15, 0.2) is 30.3 Å². The third-order valence-corrected chi connectivity index (χ3v) is 3.06. The van der Waals surface area contributed by atoms with Gasteiger partial charge in [-0.15, -0.1) is 0 Å². The summed E-state index contributed by atoms with van der Waals surface area (Å²) < 4.78 is 0. The van der Waals surface area contributed by atoms with Crippen LogP contribution >= 0.6 is 0 Å². The minimum absolute atomic E-state index is 0.238. The quantitative estimate of drug-likeness (QED) is 0.896. The summed E-state index contributed by atoms with van der Waals surface area (Å²) in [5.41, 5.74) is 0.668. The molecule has 0 saturated heterocycles. The molecule has 0 atom stereocenters. The van der Waals surface area contributed by atoms with Crippen LogP contribution < -0.4 is 4.90 Å². The standard InChI is InChI=1S/C15H20N2O/c1-10(2)17(11(3)4)14-9-8-12-6-5-7-13(18)15(12)16-14/h5-11,18H,1-4H3. The van der Waals surface area contributed by atoms with Crippen LogP contribution in [0.1, 0.15) is 27.7 Å². The van der Waals surface area contributed by atoms with E-state index in [0.29, 0.717) is 17.6 Å². The van der Waals surface area contributed by atoms with Crippen molar-refractivity contribution in [3.8, 4) is 5.75 Å². The molecule has 1 aromatic carbocycles. The first-order chi connectivity index (χ1) is 8.50. The van der Waals surface area contributed by atoms with Crippen LogP contribution in [0.4, 0.5) is 5.82 Å². The van der Waals surface area contributed by atoms with E-state index in [1.54, 1.807) is 6.07 Å². The lowest BCUT2D eigenvalue weighted by molar-refractivity contribution is 0.480. The van der Waals surface area contributed by atoms with E-state index in [2.05, 4.69) is 37.6 Å². The molecule has 3 heteroatoms. The monoisotopic (exact) mass is 244 g/mol. The van der Waals surface area contributed by atoms with E-state index in [-0.39, 0.29) is 5.75 Å². The summed E-state index contributed by atoms with van der Waals surface area (Å²) in [5.74, 6) is 1.15. The summed E-state index contributed by atoms with van der Waals surface area (Å²) >= 11 is 0. The lowest BCUT2D eigenvalue weighted by Crippen LogP contribution is -2.37. The molecule has 96 valence electrons. The summed E-state index contributed by atoms with van der Waals surface area (Å²) in [6.45, 7) is 8.60. The van der Waals surface area contributed by atoms with Crippen LogP contribution in [0.2, 0.25) is 0 Å². The number of hydrogen-bond donors (Lipinski definition) is 1. The molecule has 0 fully saturated rings. The van der Waals surface area contributed by atoms with Gasteiger partial charge in [0.1, 0.15) is 17.1 Å². The maximum absolute atomic E-state index is 9.87. The Bertz CT molecular complexity index is 541. The highest BCUT2D eigenvalue weighted by Crippen LogP contribution is 2.26. The van der Waals surface area contributed by atoms with Gasteiger partial charge in [0.15, 0.2) is 0 Å². The molecule has 1 aromatic heterocycles. The Morgan fingerprint density at radius 3 is 2.28 bits per heavy atom. The summed E-state index contributed by atoms with van der Waals surface area (Å²) in [5, 5.41) is 10.8. The number of fused-ring (bicyclic) bond motifs is 1. The van der Waals surface area contributed by atoms with E-state index < -0.39 is 0 Å². The van der Waals surface area contributed by atoms with Gasteiger partial charge >= 0.3 is 0 Å². The molecule has 0 unspecified atom stereocenters. The van der Waals surface area contributed by atoms with Gasteiger partial charge in [-0.25, -0.2) is 4.98 Å². The number of anilines is 1. The highest BCUT2D eigenvalue weighted by molar-refractivity contribution is 5.85. The number of aromatic nitrogens is 1. The fraction of sp³-hybridized carbons (Fsp3) is 0.400. The van der Waals surface area contributed by atoms with Crippen molar-refractivity contribution in [1.29, 1.82) is 0 Å². The highest BCUT2D eigenvalue weighted by Gasteiger charge is 2.16. The van der Waals surface area contributed by atoms with Crippen LogP contribution in [-0.4, -0.2) is 22.2 Å². The average Bonchev–Trinajstić information content (AvgIpc) is 2.29. The molecular formula is C15H20N2O. The molecule has 18 heavy (non-hydrogen) atoms. The molecule has 1 N–H and O–H groups in total. The highest BCUT2D eigenvalue weighted by atomic mass is 16.3. The Kier molecular flexibility index (Phi) is 3.41. The van der Waals surface area contributed by atoms with Gasteiger partial charge in [0.2, 0.25) is 0 Å². The number of nitrogens with zero attached hydrogens (tertiary/aromatic N) is 2. The van der Waals surface area contributed by atoms with E-state index in [1.807, 2.05) is 24.3 Å². The van der Waals surface area contributed by atoms with E-state index in [9.17, 15) is 5.11 Å². The minimum atomic E-state index is 0.238. The third-order valence-electron chi connectivity index (χ3n) is 3.06. The van der Waals surface area contributed by atoms with Crippen LogP contribution in [-0.2, 0) is 0 Å². The molecule has 0 spiro atoms. The van der Waals surface area contributed by atoms with Crippen molar-refractivity contribution < 1.29 is 5.11 Å². The van der Waals surface area contributed by atoms with Crippen LogP contribution in [0.5, 0.6) is 5.75 Å². The Hall–Kier alpha value is -1.77. The van der Waals surface area contributed by atoms with E-state index >= 15 is 0 Å². The number of rotatable bonds is 3. The lowest BCUT2D eigenvalue weighted by Gasteiger charge is -2.32. The minimum Gasteiger partial charge on any atom is -0.506 e. The van der Waals surface area contributed by atoms with Crippen molar-refractivity contribution >= 4 is 16.7 Å². The van der Waals surface area contributed by atoms with Gasteiger partial charge in [0, 0.05) is 17.5 Å². The smallest absolute Gasteiger partial charge is 0.141 e. The largest absolute Gasteiger partial charge is 0.506 e.